The monoisotopic (exact) mass is 366 g/mol. The van der Waals surface area contributed by atoms with Crippen LogP contribution in [0.2, 0.25) is 0 Å². The van der Waals surface area contributed by atoms with Gasteiger partial charge in [-0.1, -0.05) is 6.92 Å². The van der Waals surface area contributed by atoms with Crippen LogP contribution in [0, 0.1) is 5.92 Å². The third-order valence-electron chi connectivity index (χ3n) is 4.78. The number of thiophene rings is 1. The predicted octanol–water partition coefficient (Wildman–Crippen LogP) is -0.387. The van der Waals surface area contributed by atoms with Crippen LogP contribution >= 0.6 is 11.3 Å². The van der Waals surface area contributed by atoms with Gasteiger partial charge >= 0.3 is 5.97 Å². The number of hydrogen-bond acceptors (Lipinski definition) is 5. The second kappa shape index (κ2) is 7.53. The third kappa shape index (κ3) is 4.01. The largest absolute Gasteiger partial charge is 0.465 e. The molecule has 2 amide bonds. The van der Waals surface area contributed by atoms with Gasteiger partial charge in [0.25, 0.3) is 11.8 Å². The normalized spacial score (nSPS) is 22.7. The molecule has 1 saturated heterocycles. The molecule has 1 fully saturated rings. The highest BCUT2D eigenvalue weighted by Gasteiger charge is 2.30. The van der Waals surface area contributed by atoms with Crippen molar-refractivity contribution in [2.45, 2.75) is 26.2 Å². The summed E-state index contributed by atoms with van der Waals surface area (Å²) in [5.41, 5.74) is 1.53. The maximum atomic E-state index is 12.4. The molecule has 136 valence electrons. The molecule has 25 heavy (non-hydrogen) atoms. The van der Waals surface area contributed by atoms with Gasteiger partial charge in [-0.3, -0.25) is 9.59 Å². The predicted molar refractivity (Wildman–Crippen MR) is 94.1 cm³/mol. The van der Waals surface area contributed by atoms with E-state index in [0.717, 1.165) is 36.3 Å². The Morgan fingerprint density at radius 1 is 1.44 bits per heavy atom. The molecule has 1 aromatic rings. The molecular formula is C17H24N3O4S+. The number of anilines is 1. The second-order valence-electron chi connectivity index (χ2n) is 6.80. The van der Waals surface area contributed by atoms with Crippen molar-refractivity contribution >= 4 is 34.1 Å². The fraction of sp³-hybridized carbons (Fsp3) is 0.588. The van der Waals surface area contributed by atoms with Crippen molar-refractivity contribution in [3.05, 3.63) is 16.0 Å². The minimum absolute atomic E-state index is 0.0372. The van der Waals surface area contributed by atoms with E-state index in [2.05, 4.69) is 17.6 Å². The number of rotatable bonds is 4. The van der Waals surface area contributed by atoms with Crippen molar-refractivity contribution in [3.63, 3.8) is 0 Å². The van der Waals surface area contributed by atoms with E-state index in [0.29, 0.717) is 29.6 Å². The fourth-order valence-corrected chi connectivity index (χ4v) is 4.88. The molecule has 3 N–H and O–H groups in total. The van der Waals surface area contributed by atoms with E-state index in [1.807, 2.05) is 0 Å². The maximum Gasteiger partial charge on any atom is 0.341 e. The minimum atomic E-state index is -0.396. The average molecular weight is 366 g/mol. The summed E-state index contributed by atoms with van der Waals surface area (Å²) >= 11 is 1.48. The summed E-state index contributed by atoms with van der Waals surface area (Å²) in [6.07, 6.45) is 2.80. The summed E-state index contributed by atoms with van der Waals surface area (Å²) in [6, 6.07) is 0. The number of ether oxygens (including phenoxy) is 1. The van der Waals surface area contributed by atoms with Crippen LogP contribution in [0.5, 0.6) is 0 Å². The molecule has 0 saturated carbocycles. The zero-order chi connectivity index (χ0) is 18.0. The first kappa shape index (κ1) is 17.9. The highest BCUT2D eigenvalue weighted by Crippen LogP contribution is 2.39. The molecule has 0 radical (unpaired) electrons. The molecule has 2 heterocycles. The number of piperazine rings is 1. The van der Waals surface area contributed by atoms with E-state index in [4.69, 9.17) is 4.74 Å². The van der Waals surface area contributed by atoms with Gasteiger partial charge in [0, 0.05) is 4.88 Å². The van der Waals surface area contributed by atoms with Gasteiger partial charge in [-0.05, 0) is 30.7 Å². The number of methoxy groups -OCH3 is 1. The summed E-state index contributed by atoms with van der Waals surface area (Å²) in [4.78, 5) is 38.2. The van der Waals surface area contributed by atoms with Crippen LogP contribution in [0.3, 0.4) is 0 Å². The lowest BCUT2D eigenvalue weighted by atomic mass is 9.88. The molecule has 2 atom stereocenters. The zero-order valence-corrected chi connectivity index (χ0v) is 15.4. The Balaban J connectivity index is 1.76. The molecule has 0 aromatic carbocycles. The molecule has 1 aromatic heterocycles. The Kier molecular flexibility index (Phi) is 5.39. The van der Waals surface area contributed by atoms with Crippen LogP contribution in [-0.2, 0) is 27.2 Å². The molecule has 0 spiro atoms. The quantitative estimate of drug-likeness (QED) is 0.634. The smallest absolute Gasteiger partial charge is 0.341 e. The van der Waals surface area contributed by atoms with E-state index in [1.165, 1.54) is 23.3 Å². The molecule has 7 nitrogen and oxygen atoms in total. The molecule has 1 aliphatic carbocycles. The Morgan fingerprint density at radius 3 is 2.96 bits per heavy atom. The molecule has 0 bridgehead atoms. The van der Waals surface area contributed by atoms with Gasteiger partial charge in [0.15, 0.2) is 13.1 Å². The number of esters is 1. The van der Waals surface area contributed by atoms with Gasteiger partial charge in [-0.2, -0.15) is 0 Å². The third-order valence-corrected chi connectivity index (χ3v) is 5.95. The molecule has 2 aliphatic rings. The lowest BCUT2D eigenvalue weighted by Crippen LogP contribution is -3.16. The highest BCUT2D eigenvalue weighted by atomic mass is 32.1. The van der Waals surface area contributed by atoms with Crippen LogP contribution in [0.1, 0.15) is 34.1 Å². The first-order chi connectivity index (χ1) is 12.0. The molecule has 3 rings (SSSR count). The molecular weight excluding hydrogens is 342 g/mol. The summed E-state index contributed by atoms with van der Waals surface area (Å²) in [5, 5.41) is 6.22. The topological polar surface area (TPSA) is 88.9 Å². The van der Waals surface area contributed by atoms with Crippen molar-refractivity contribution < 1.29 is 24.0 Å². The first-order valence-electron chi connectivity index (χ1n) is 8.61. The molecule has 1 aliphatic heterocycles. The van der Waals surface area contributed by atoms with E-state index in [-0.39, 0.29) is 18.4 Å². The van der Waals surface area contributed by atoms with Crippen molar-refractivity contribution in [2.24, 2.45) is 5.92 Å². The van der Waals surface area contributed by atoms with Gasteiger partial charge in [0.1, 0.15) is 5.00 Å². The van der Waals surface area contributed by atoms with E-state index in [1.54, 1.807) is 0 Å². The Labute approximate surface area is 150 Å². The van der Waals surface area contributed by atoms with E-state index < -0.39 is 5.97 Å². The second-order valence-corrected chi connectivity index (χ2v) is 7.90. The van der Waals surface area contributed by atoms with Crippen molar-refractivity contribution in [3.8, 4) is 0 Å². The number of carbonyl (C=O) groups excluding carboxylic acids is 3. The Morgan fingerprint density at radius 2 is 2.24 bits per heavy atom. The molecule has 8 heteroatoms. The number of quaternary nitrogens is 1. The Bertz CT molecular complexity index is 700. The minimum Gasteiger partial charge on any atom is -0.465 e. The summed E-state index contributed by atoms with van der Waals surface area (Å²) in [7, 11) is 1.36. The van der Waals surface area contributed by atoms with Crippen LogP contribution in [0.4, 0.5) is 5.00 Å². The number of amides is 2. The van der Waals surface area contributed by atoms with Gasteiger partial charge in [0.05, 0.1) is 25.8 Å². The standard InChI is InChI=1S/C17H23N3O4S/c1-10-3-4-11-12(7-10)25-16(15(11)17(23)24-2)19-14(22)9-20-6-5-18-13(21)8-20/h10H,3-9H2,1-2H3,(H,18,21)(H,19,22)/p+1/t10-/m1/s1. The van der Waals surface area contributed by atoms with Gasteiger partial charge < -0.3 is 20.3 Å². The summed E-state index contributed by atoms with van der Waals surface area (Å²) in [5.74, 6) is -0.0325. The Hall–Kier alpha value is -1.93. The molecule has 1 unspecified atom stereocenters. The highest BCUT2D eigenvalue weighted by molar-refractivity contribution is 7.17. The van der Waals surface area contributed by atoms with Gasteiger partial charge in [-0.25, -0.2) is 4.79 Å². The van der Waals surface area contributed by atoms with E-state index in [9.17, 15) is 14.4 Å². The van der Waals surface area contributed by atoms with Crippen LogP contribution < -0.4 is 15.5 Å². The van der Waals surface area contributed by atoms with Crippen molar-refractivity contribution in [1.29, 1.82) is 0 Å². The lowest BCUT2D eigenvalue weighted by Gasteiger charge is -2.22. The van der Waals surface area contributed by atoms with Crippen molar-refractivity contribution in [1.82, 2.24) is 5.32 Å². The zero-order valence-electron chi connectivity index (χ0n) is 14.6. The van der Waals surface area contributed by atoms with Gasteiger partial charge in [-0.15, -0.1) is 11.3 Å². The lowest BCUT2D eigenvalue weighted by molar-refractivity contribution is -0.885. The van der Waals surface area contributed by atoms with Crippen LogP contribution in [0.15, 0.2) is 0 Å². The maximum absolute atomic E-state index is 12.4. The summed E-state index contributed by atoms with van der Waals surface area (Å²) < 4.78 is 4.93. The SMILES string of the molecule is COC(=O)c1c(NC(=O)C[NH+]2CCNC(=O)C2)sc2c1CC[C@@H](C)C2. The number of carbonyl (C=O) groups is 3. The van der Waals surface area contributed by atoms with E-state index >= 15 is 0 Å². The van der Waals surface area contributed by atoms with Crippen molar-refractivity contribution in [2.75, 3.05) is 38.6 Å². The number of fused-ring (bicyclic) bond motifs is 1. The number of nitrogens with one attached hydrogen (secondary N) is 3. The first-order valence-corrected chi connectivity index (χ1v) is 9.42. The van der Waals surface area contributed by atoms with Crippen LogP contribution in [-0.4, -0.2) is 51.1 Å². The summed E-state index contributed by atoms with van der Waals surface area (Å²) in [6.45, 7) is 4.02. The van der Waals surface area contributed by atoms with Gasteiger partial charge in [0.2, 0.25) is 0 Å². The number of hydrogen-bond donors (Lipinski definition) is 3. The fourth-order valence-electron chi connectivity index (χ4n) is 3.46. The van der Waals surface area contributed by atoms with Crippen LogP contribution in [0.25, 0.3) is 0 Å². The average Bonchev–Trinajstić information content (AvgIpc) is 2.90.